The first-order chi connectivity index (χ1) is 12.5. The number of rotatable bonds is 4. The van der Waals surface area contributed by atoms with E-state index in [0.717, 1.165) is 38.0 Å². The van der Waals surface area contributed by atoms with Crippen molar-refractivity contribution in [2.24, 2.45) is 0 Å². The van der Waals surface area contributed by atoms with Gasteiger partial charge >= 0.3 is 5.97 Å². The highest BCUT2D eigenvalue weighted by Gasteiger charge is 2.21. The lowest BCUT2D eigenvalue weighted by Crippen LogP contribution is -2.01. The number of nitrogens with zero attached hydrogens (tertiary/aromatic N) is 2. The van der Waals surface area contributed by atoms with Gasteiger partial charge in [-0.2, -0.15) is 0 Å². The van der Waals surface area contributed by atoms with E-state index in [1.54, 1.807) is 0 Å². The predicted molar refractivity (Wildman–Crippen MR) is 105 cm³/mol. The zero-order valence-electron chi connectivity index (χ0n) is 14.6. The fraction of sp³-hybridized carbons (Fsp3) is 0.143. The summed E-state index contributed by atoms with van der Waals surface area (Å²) in [5.74, 6) is -0.830. The summed E-state index contributed by atoms with van der Waals surface area (Å²) in [6, 6.07) is 18.3. The summed E-state index contributed by atoms with van der Waals surface area (Å²) in [5.41, 5.74) is 6.14. The van der Waals surface area contributed by atoms with Crippen molar-refractivity contribution in [2.75, 3.05) is 0 Å². The van der Waals surface area contributed by atoms with Gasteiger partial charge in [-0.05, 0) is 19.4 Å². The first-order valence-electron chi connectivity index (χ1n) is 8.39. The molecule has 0 atom stereocenters. The maximum absolute atomic E-state index is 11.4. The van der Waals surface area contributed by atoms with Crippen molar-refractivity contribution in [2.45, 2.75) is 20.3 Å². The van der Waals surface area contributed by atoms with Crippen LogP contribution in [0.25, 0.3) is 27.5 Å². The fourth-order valence-electron chi connectivity index (χ4n) is 3.22. The van der Waals surface area contributed by atoms with Crippen LogP contribution in [0.1, 0.15) is 16.1 Å². The summed E-state index contributed by atoms with van der Waals surface area (Å²) in [6.45, 7) is 4.08. The van der Waals surface area contributed by atoms with Crippen molar-refractivity contribution in [3.05, 3.63) is 70.7 Å². The second kappa shape index (κ2) is 6.42. The van der Waals surface area contributed by atoms with Gasteiger partial charge in [0.2, 0.25) is 0 Å². The van der Waals surface area contributed by atoms with Gasteiger partial charge in [-0.15, -0.1) is 11.3 Å². The van der Waals surface area contributed by atoms with Gasteiger partial charge in [0.05, 0.1) is 17.8 Å². The smallest absolute Gasteiger partial charge is 0.308 e. The Morgan fingerprint density at radius 2 is 1.73 bits per heavy atom. The van der Waals surface area contributed by atoms with Crippen LogP contribution in [0.3, 0.4) is 0 Å². The zero-order valence-corrected chi connectivity index (χ0v) is 15.4. The number of imidazole rings is 1. The number of fused-ring (bicyclic) bond motifs is 1. The molecular weight excluding hydrogens is 344 g/mol. The van der Waals surface area contributed by atoms with E-state index in [2.05, 4.69) is 4.40 Å². The molecule has 0 saturated carbocycles. The number of hydrogen-bond donors (Lipinski definition) is 1. The maximum atomic E-state index is 11.4. The maximum Gasteiger partial charge on any atom is 0.308 e. The number of hydrogen-bond acceptors (Lipinski definition) is 3. The molecule has 0 radical (unpaired) electrons. The van der Waals surface area contributed by atoms with Crippen LogP contribution in [0.2, 0.25) is 0 Å². The highest BCUT2D eigenvalue weighted by Crippen LogP contribution is 2.36. The second-order valence-electron chi connectivity index (χ2n) is 6.34. The van der Waals surface area contributed by atoms with Gasteiger partial charge in [0, 0.05) is 16.1 Å². The molecule has 0 fully saturated rings. The second-order valence-corrected chi connectivity index (χ2v) is 7.40. The first-order valence-corrected chi connectivity index (χ1v) is 9.21. The molecule has 0 bridgehead atoms. The molecule has 4 rings (SSSR count). The van der Waals surface area contributed by atoms with E-state index in [0.29, 0.717) is 0 Å². The zero-order chi connectivity index (χ0) is 18.3. The fourth-order valence-corrected chi connectivity index (χ4v) is 4.40. The number of aromatic nitrogens is 2. The van der Waals surface area contributed by atoms with Crippen molar-refractivity contribution in [1.29, 1.82) is 0 Å². The molecule has 130 valence electrons. The SMILES string of the molecule is Cc1ccc(-c2c(CC(=O)O)sc3nc(-c4ccccc4)c(C)n23)cc1. The predicted octanol–water partition coefficient (Wildman–Crippen LogP) is 4.97. The molecule has 0 aliphatic carbocycles. The van der Waals surface area contributed by atoms with E-state index in [4.69, 9.17) is 4.98 Å². The highest BCUT2D eigenvalue weighted by atomic mass is 32.1. The number of carbonyl (C=O) groups is 1. The number of benzene rings is 2. The quantitative estimate of drug-likeness (QED) is 0.557. The molecule has 0 saturated heterocycles. The average Bonchev–Trinajstić information content (AvgIpc) is 3.12. The number of aliphatic carboxylic acids is 1. The number of carboxylic acid groups (broad SMARTS) is 1. The molecule has 0 aliphatic rings. The van der Waals surface area contributed by atoms with Crippen LogP contribution in [-0.4, -0.2) is 20.5 Å². The summed E-state index contributed by atoms with van der Waals surface area (Å²) in [7, 11) is 0. The molecule has 2 aromatic heterocycles. The topological polar surface area (TPSA) is 54.6 Å². The molecule has 4 nitrogen and oxygen atoms in total. The number of aryl methyl sites for hydroxylation is 2. The molecular formula is C21H18N2O2S. The summed E-state index contributed by atoms with van der Waals surface area (Å²) >= 11 is 1.45. The van der Waals surface area contributed by atoms with E-state index in [1.807, 2.05) is 68.4 Å². The minimum atomic E-state index is -0.830. The summed E-state index contributed by atoms with van der Waals surface area (Å²) in [4.78, 5) is 17.8. The Bertz CT molecular complexity index is 1090. The first kappa shape index (κ1) is 16.5. The normalized spacial score (nSPS) is 11.2. The minimum Gasteiger partial charge on any atom is -0.481 e. The Morgan fingerprint density at radius 1 is 1.04 bits per heavy atom. The van der Waals surface area contributed by atoms with Crippen LogP contribution in [0.15, 0.2) is 54.6 Å². The van der Waals surface area contributed by atoms with E-state index in [-0.39, 0.29) is 6.42 Å². The third kappa shape index (κ3) is 2.80. The number of thiazole rings is 1. The lowest BCUT2D eigenvalue weighted by molar-refractivity contribution is -0.136. The van der Waals surface area contributed by atoms with E-state index < -0.39 is 5.97 Å². The third-order valence-electron chi connectivity index (χ3n) is 4.46. The number of carboxylic acids is 1. The lowest BCUT2D eigenvalue weighted by Gasteiger charge is -2.07. The Balaban J connectivity index is 1.98. The molecule has 0 amide bonds. The Morgan fingerprint density at radius 3 is 2.38 bits per heavy atom. The molecule has 2 aromatic carbocycles. The minimum absolute atomic E-state index is 0.00263. The van der Waals surface area contributed by atoms with Crippen molar-refractivity contribution < 1.29 is 9.90 Å². The van der Waals surface area contributed by atoms with Crippen LogP contribution >= 0.6 is 11.3 Å². The molecule has 1 N–H and O–H groups in total. The van der Waals surface area contributed by atoms with Crippen LogP contribution in [0.5, 0.6) is 0 Å². The van der Waals surface area contributed by atoms with E-state index in [1.165, 1.54) is 16.9 Å². The van der Waals surface area contributed by atoms with Crippen LogP contribution < -0.4 is 0 Å². The van der Waals surface area contributed by atoms with Gasteiger partial charge in [0.1, 0.15) is 0 Å². The molecule has 2 heterocycles. The van der Waals surface area contributed by atoms with Crippen LogP contribution in [0.4, 0.5) is 0 Å². The Labute approximate surface area is 155 Å². The third-order valence-corrected chi connectivity index (χ3v) is 5.50. The standard InChI is InChI=1S/C21H18N2O2S/c1-13-8-10-16(11-9-13)20-17(12-18(24)25)26-21-22-19(14(2)23(20)21)15-6-4-3-5-7-15/h3-11H,12H2,1-2H3,(H,24,25). The monoisotopic (exact) mass is 362 g/mol. The largest absolute Gasteiger partial charge is 0.481 e. The van der Waals surface area contributed by atoms with Crippen LogP contribution in [-0.2, 0) is 11.2 Å². The highest BCUT2D eigenvalue weighted by molar-refractivity contribution is 7.17. The van der Waals surface area contributed by atoms with Crippen molar-refractivity contribution in [1.82, 2.24) is 9.38 Å². The molecule has 5 heteroatoms. The van der Waals surface area contributed by atoms with E-state index >= 15 is 0 Å². The van der Waals surface area contributed by atoms with Gasteiger partial charge in [0.15, 0.2) is 4.96 Å². The van der Waals surface area contributed by atoms with Gasteiger partial charge in [0.25, 0.3) is 0 Å². The van der Waals surface area contributed by atoms with Gasteiger partial charge in [-0.25, -0.2) is 4.98 Å². The van der Waals surface area contributed by atoms with Crippen molar-refractivity contribution in [3.63, 3.8) is 0 Å². The summed E-state index contributed by atoms with van der Waals surface area (Å²) < 4.78 is 2.09. The molecule has 4 aromatic rings. The lowest BCUT2D eigenvalue weighted by atomic mass is 10.1. The van der Waals surface area contributed by atoms with Gasteiger partial charge in [-0.1, -0.05) is 60.2 Å². The van der Waals surface area contributed by atoms with E-state index in [9.17, 15) is 9.90 Å². The molecule has 26 heavy (non-hydrogen) atoms. The molecule has 0 spiro atoms. The van der Waals surface area contributed by atoms with Gasteiger partial charge < -0.3 is 5.11 Å². The van der Waals surface area contributed by atoms with Crippen LogP contribution in [0, 0.1) is 13.8 Å². The van der Waals surface area contributed by atoms with Gasteiger partial charge in [-0.3, -0.25) is 9.20 Å². The summed E-state index contributed by atoms with van der Waals surface area (Å²) in [5, 5.41) is 9.32. The summed E-state index contributed by atoms with van der Waals surface area (Å²) in [6.07, 6.45) is -0.00263. The molecule has 0 aliphatic heterocycles. The average molecular weight is 362 g/mol. The Kier molecular flexibility index (Phi) is 4.09. The van der Waals surface area contributed by atoms with Crippen molar-refractivity contribution >= 4 is 22.3 Å². The van der Waals surface area contributed by atoms with Crippen molar-refractivity contribution in [3.8, 4) is 22.5 Å². The molecule has 0 unspecified atom stereocenters. The Hall–Kier alpha value is -2.92.